The first-order valence-corrected chi connectivity index (χ1v) is 14.3. The molecule has 1 atom stereocenters. The maximum atomic E-state index is 13.7. The molecule has 5 nitrogen and oxygen atoms in total. The Morgan fingerprint density at radius 3 is 2.08 bits per heavy atom. The van der Waals surface area contributed by atoms with Crippen LogP contribution in [0.4, 0.5) is 4.39 Å². The standard InChI is InChI=1S/C32H43FN4O.ClH/c1-26(2)36-19-21-37(22-20-36)32(28-8-11-30(33)12-9-28)25-35-17-15-34(16-18-35)14-5-23-38-31-13-10-27-6-3-4-7-29(27)24-31;/h3-4,6-13,24,26,32H,5,14-23,25H2,1-2H3;1H. The lowest BCUT2D eigenvalue weighted by molar-refractivity contribution is 0.0476. The van der Waals surface area contributed by atoms with Gasteiger partial charge in [0, 0.05) is 77.5 Å². The summed E-state index contributed by atoms with van der Waals surface area (Å²) in [6.07, 6.45) is 1.03. The molecule has 2 saturated heterocycles. The number of ether oxygens (including phenoxy) is 1. The van der Waals surface area contributed by atoms with E-state index in [-0.39, 0.29) is 18.2 Å². The van der Waals surface area contributed by atoms with Crippen molar-refractivity contribution in [3.05, 3.63) is 78.1 Å². The summed E-state index contributed by atoms with van der Waals surface area (Å²) in [7, 11) is 0. The van der Waals surface area contributed by atoms with E-state index in [0.29, 0.717) is 12.1 Å². The summed E-state index contributed by atoms with van der Waals surface area (Å²) in [5, 5.41) is 2.47. The fourth-order valence-corrected chi connectivity index (χ4v) is 5.86. The molecular weight excluding hydrogens is 511 g/mol. The van der Waals surface area contributed by atoms with E-state index in [4.69, 9.17) is 4.74 Å². The van der Waals surface area contributed by atoms with Crippen LogP contribution < -0.4 is 4.74 Å². The Morgan fingerprint density at radius 1 is 0.744 bits per heavy atom. The molecule has 0 N–H and O–H groups in total. The SMILES string of the molecule is CC(C)N1CCN(C(CN2CCN(CCCOc3ccc4ccccc4c3)CC2)c2ccc(F)cc2)CC1.Cl. The van der Waals surface area contributed by atoms with Crippen molar-refractivity contribution < 1.29 is 9.13 Å². The second-order valence-corrected chi connectivity index (χ2v) is 11.1. The Kier molecular flexibility index (Phi) is 11.0. The average molecular weight is 555 g/mol. The molecule has 7 heteroatoms. The second kappa shape index (κ2) is 14.4. The Bertz CT molecular complexity index is 1140. The van der Waals surface area contributed by atoms with Crippen LogP contribution in [-0.2, 0) is 0 Å². The summed E-state index contributed by atoms with van der Waals surface area (Å²) in [5.74, 6) is 0.796. The minimum atomic E-state index is -0.157. The van der Waals surface area contributed by atoms with Gasteiger partial charge in [-0.25, -0.2) is 4.39 Å². The normalized spacial score (nSPS) is 18.8. The number of fused-ring (bicyclic) bond motifs is 1. The molecule has 0 radical (unpaired) electrons. The number of nitrogens with zero attached hydrogens (tertiary/aromatic N) is 4. The number of rotatable bonds is 10. The lowest BCUT2D eigenvalue weighted by Crippen LogP contribution is -2.53. The van der Waals surface area contributed by atoms with E-state index in [0.717, 1.165) is 84.2 Å². The molecule has 3 aromatic rings. The molecule has 0 aromatic heterocycles. The number of hydrogen-bond acceptors (Lipinski definition) is 5. The molecule has 0 saturated carbocycles. The monoisotopic (exact) mass is 554 g/mol. The van der Waals surface area contributed by atoms with E-state index in [9.17, 15) is 4.39 Å². The highest BCUT2D eigenvalue weighted by Gasteiger charge is 2.28. The lowest BCUT2D eigenvalue weighted by Gasteiger charge is -2.43. The molecule has 2 aliphatic heterocycles. The lowest BCUT2D eigenvalue weighted by atomic mass is 10.0. The number of benzene rings is 3. The van der Waals surface area contributed by atoms with Crippen LogP contribution in [0, 0.1) is 5.82 Å². The molecule has 1 unspecified atom stereocenters. The van der Waals surface area contributed by atoms with Gasteiger partial charge >= 0.3 is 0 Å². The quantitative estimate of drug-likeness (QED) is 0.305. The van der Waals surface area contributed by atoms with Crippen molar-refractivity contribution >= 4 is 23.2 Å². The first-order valence-electron chi connectivity index (χ1n) is 14.3. The zero-order chi connectivity index (χ0) is 26.3. The highest BCUT2D eigenvalue weighted by Crippen LogP contribution is 2.25. The van der Waals surface area contributed by atoms with Gasteiger partial charge in [-0.1, -0.05) is 42.5 Å². The van der Waals surface area contributed by atoms with Gasteiger partial charge in [-0.15, -0.1) is 12.4 Å². The Morgan fingerprint density at radius 2 is 1.38 bits per heavy atom. The summed E-state index contributed by atoms with van der Waals surface area (Å²) in [4.78, 5) is 10.3. The van der Waals surface area contributed by atoms with E-state index in [2.05, 4.69) is 75.9 Å². The fraction of sp³-hybridized carbons (Fsp3) is 0.500. The molecule has 212 valence electrons. The van der Waals surface area contributed by atoms with Crippen molar-refractivity contribution in [2.75, 3.05) is 72.1 Å². The molecule has 0 amide bonds. The van der Waals surface area contributed by atoms with Gasteiger partial charge in [0.2, 0.25) is 0 Å². The zero-order valence-electron chi connectivity index (χ0n) is 23.5. The maximum absolute atomic E-state index is 13.7. The van der Waals surface area contributed by atoms with Crippen LogP contribution in [0.2, 0.25) is 0 Å². The third-order valence-corrected chi connectivity index (χ3v) is 8.28. The van der Waals surface area contributed by atoms with Gasteiger partial charge in [0.15, 0.2) is 0 Å². The van der Waals surface area contributed by atoms with E-state index >= 15 is 0 Å². The molecule has 39 heavy (non-hydrogen) atoms. The van der Waals surface area contributed by atoms with Gasteiger partial charge < -0.3 is 9.64 Å². The van der Waals surface area contributed by atoms with E-state index in [1.807, 2.05) is 12.1 Å². The van der Waals surface area contributed by atoms with Crippen molar-refractivity contribution in [2.24, 2.45) is 0 Å². The molecule has 2 fully saturated rings. The fourth-order valence-electron chi connectivity index (χ4n) is 5.86. The highest BCUT2D eigenvalue weighted by molar-refractivity contribution is 5.85. The number of halogens is 2. The summed E-state index contributed by atoms with van der Waals surface area (Å²) in [6, 6.07) is 22.8. The number of piperazine rings is 2. The molecule has 5 rings (SSSR count). The second-order valence-electron chi connectivity index (χ2n) is 11.1. The zero-order valence-corrected chi connectivity index (χ0v) is 24.3. The molecule has 0 spiro atoms. The predicted molar refractivity (Wildman–Crippen MR) is 162 cm³/mol. The van der Waals surface area contributed by atoms with Crippen molar-refractivity contribution in [1.29, 1.82) is 0 Å². The Labute approximate surface area is 239 Å². The maximum Gasteiger partial charge on any atom is 0.123 e. The van der Waals surface area contributed by atoms with Gasteiger partial charge in [0.1, 0.15) is 11.6 Å². The van der Waals surface area contributed by atoms with Crippen LogP contribution in [0.3, 0.4) is 0 Å². The smallest absolute Gasteiger partial charge is 0.123 e. The van der Waals surface area contributed by atoms with Gasteiger partial charge in [-0.2, -0.15) is 0 Å². The number of hydrogen-bond donors (Lipinski definition) is 0. The van der Waals surface area contributed by atoms with Crippen LogP contribution in [0.15, 0.2) is 66.7 Å². The Hall–Kier alpha value is -2.22. The topological polar surface area (TPSA) is 22.2 Å². The molecule has 2 aliphatic rings. The van der Waals surface area contributed by atoms with Gasteiger partial charge in [-0.05, 0) is 60.9 Å². The van der Waals surface area contributed by atoms with Gasteiger partial charge in [-0.3, -0.25) is 14.7 Å². The summed E-state index contributed by atoms with van der Waals surface area (Å²) < 4.78 is 19.7. The van der Waals surface area contributed by atoms with Crippen LogP contribution in [0.5, 0.6) is 5.75 Å². The minimum absolute atomic E-state index is 0. The van der Waals surface area contributed by atoms with Crippen LogP contribution >= 0.6 is 12.4 Å². The third kappa shape index (κ3) is 8.15. The minimum Gasteiger partial charge on any atom is -0.494 e. The van der Waals surface area contributed by atoms with Gasteiger partial charge in [0.05, 0.1) is 6.61 Å². The van der Waals surface area contributed by atoms with E-state index in [1.165, 1.54) is 16.3 Å². The Balaban J connectivity index is 0.00000353. The average Bonchev–Trinajstić information content (AvgIpc) is 2.95. The molecule has 0 bridgehead atoms. The summed E-state index contributed by atoms with van der Waals surface area (Å²) in [5.41, 5.74) is 1.23. The first kappa shape index (κ1) is 29.8. The van der Waals surface area contributed by atoms with Crippen molar-refractivity contribution in [3.8, 4) is 5.75 Å². The van der Waals surface area contributed by atoms with Crippen molar-refractivity contribution in [3.63, 3.8) is 0 Å². The largest absolute Gasteiger partial charge is 0.494 e. The summed E-state index contributed by atoms with van der Waals surface area (Å²) >= 11 is 0. The van der Waals surface area contributed by atoms with E-state index < -0.39 is 0 Å². The van der Waals surface area contributed by atoms with E-state index in [1.54, 1.807) is 12.1 Å². The van der Waals surface area contributed by atoms with Gasteiger partial charge in [0.25, 0.3) is 0 Å². The molecular formula is C32H44ClFN4O. The molecule has 2 heterocycles. The van der Waals surface area contributed by atoms with Crippen LogP contribution in [-0.4, -0.2) is 97.7 Å². The van der Waals surface area contributed by atoms with Crippen molar-refractivity contribution in [2.45, 2.75) is 32.4 Å². The van der Waals surface area contributed by atoms with Crippen LogP contribution in [0.25, 0.3) is 10.8 Å². The molecule has 0 aliphatic carbocycles. The summed E-state index contributed by atoms with van der Waals surface area (Å²) in [6.45, 7) is 16.1. The van der Waals surface area contributed by atoms with Crippen molar-refractivity contribution in [1.82, 2.24) is 19.6 Å². The van der Waals surface area contributed by atoms with Crippen LogP contribution in [0.1, 0.15) is 31.9 Å². The first-order chi connectivity index (χ1) is 18.5. The molecule has 3 aromatic carbocycles. The highest BCUT2D eigenvalue weighted by atomic mass is 35.5. The predicted octanol–water partition coefficient (Wildman–Crippen LogP) is 5.55. The third-order valence-electron chi connectivity index (χ3n) is 8.28.